The number of carbonyl (C=O) groups is 1. The van der Waals surface area contributed by atoms with Gasteiger partial charge in [-0.25, -0.2) is 0 Å². The molecule has 0 aromatic carbocycles. The molecule has 0 unspecified atom stereocenters. The molecule has 94 valence electrons. The van der Waals surface area contributed by atoms with Gasteiger partial charge in [0.1, 0.15) is 0 Å². The standard InChI is InChI=1S/C14H20O3/c1-2-16-9-17-13(15)14-6-10-3-11(7-14)5-12(4-10)8-14/h2,10-12H,1,3-9H2. The summed E-state index contributed by atoms with van der Waals surface area (Å²) in [6.07, 6.45) is 8.48. The molecule has 0 spiro atoms. The molecule has 0 aromatic heterocycles. The molecular weight excluding hydrogens is 216 g/mol. The third-order valence-electron chi connectivity index (χ3n) is 4.85. The molecule has 17 heavy (non-hydrogen) atoms. The average Bonchev–Trinajstić information content (AvgIpc) is 2.27. The van der Waals surface area contributed by atoms with E-state index in [1.807, 2.05) is 0 Å². The molecule has 4 aliphatic rings. The van der Waals surface area contributed by atoms with Gasteiger partial charge < -0.3 is 9.47 Å². The van der Waals surface area contributed by atoms with Crippen LogP contribution >= 0.6 is 0 Å². The minimum Gasteiger partial charge on any atom is -0.466 e. The second kappa shape index (κ2) is 4.04. The van der Waals surface area contributed by atoms with Crippen LogP contribution in [-0.2, 0) is 14.3 Å². The Morgan fingerprint density at radius 2 is 1.71 bits per heavy atom. The minimum absolute atomic E-state index is 0.0179. The van der Waals surface area contributed by atoms with Crippen LogP contribution in [0.15, 0.2) is 12.8 Å². The number of hydrogen-bond donors (Lipinski definition) is 0. The van der Waals surface area contributed by atoms with Gasteiger partial charge in [-0.2, -0.15) is 0 Å². The second-order valence-electron chi connectivity index (χ2n) is 6.08. The van der Waals surface area contributed by atoms with Crippen molar-refractivity contribution >= 4 is 5.97 Å². The first-order chi connectivity index (χ1) is 8.22. The second-order valence-corrected chi connectivity index (χ2v) is 6.08. The molecular formula is C14H20O3. The van der Waals surface area contributed by atoms with E-state index in [1.165, 1.54) is 25.5 Å². The maximum atomic E-state index is 12.2. The molecule has 3 heteroatoms. The van der Waals surface area contributed by atoms with Crippen LogP contribution in [-0.4, -0.2) is 12.8 Å². The lowest BCUT2D eigenvalue weighted by atomic mass is 9.49. The van der Waals surface area contributed by atoms with Crippen LogP contribution in [0, 0.1) is 23.2 Å². The van der Waals surface area contributed by atoms with E-state index in [9.17, 15) is 4.79 Å². The summed E-state index contributed by atoms with van der Waals surface area (Å²) in [5.41, 5.74) is -0.167. The van der Waals surface area contributed by atoms with Crippen molar-refractivity contribution in [3.63, 3.8) is 0 Å². The Morgan fingerprint density at radius 3 is 2.18 bits per heavy atom. The van der Waals surface area contributed by atoms with Gasteiger partial charge in [0.15, 0.2) is 0 Å². The highest BCUT2D eigenvalue weighted by molar-refractivity contribution is 5.77. The van der Waals surface area contributed by atoms with Crippen LogP contribution in [0.3, 0.4) is 0 Å². The van der Waals surface area contributed by atoms with Crippen molar-refractivity contribution in [2.45, 2.75) is 38.5 Å². The summed E-state index contributed by atoms with van der Waals surface area (Å²) in [4.78, 5) is 12.2. The quantitative estimate of drug-likeness (QED) is 0.326. The van der Waals surface area contributed by atoms with Crippen molar-refractivity contribution in [3.05, 3.63) is 12.8 Å². The summed E-state index contributed by atoms with van der Waals surface area (Å²) in [7, 11) is 0. The molecule has 0 heterocycles. The Hall–Kier alpha value is -0.990. The Morgan fingerprint density at radius 1 is 1.18 bits per heavy atom. The van der Waals surface area contributed by atoms with Crippen molar-refractivity contribution in [1.29, 1.82) is 0 Å². The molecule has 0 aromatic rings. The van der Waals surface area contributed by atoms with Gasteiger partial charge in [0.25, 0.3) is 0 Å². The smallest absolute Gasteiger partial charge is 0.314 e. The third-order valence-corrected chi connectivity index (χ3v) is 4.85. The topological polar surface area (TPSA) is 35.5 Å². The van der Waals surface area contributed by atoms with Crippen LogP contribution < -0.4 is 0 Å². The van der Waals surface area contributed by atoms with E-state index >= 15 is 0 Å². The van der Waals surface area contributed by atoms with Gasteiger partial charge in [-0.1, -0.05) is 6.58 Å². The fourth-order valence-corrected chi connectivity index (χ4v) is 4.65. The van der Waals surface area contributed by atoms with E-state index in [0.717, 1.165) is 37.0 Å². The zero-order chi connectivity index (χ0) is 11.9. The molecule has 4 bridgehead atoms. The summed E-state index contributed by atoms with van der Waals surface area (Å²) >= 11 is 0. The molecule has 0 atom stereocenters. The number of hydrogen-bond acceptors (Lipinski definition) is 3. The van der Waals surface area contributed by atoms with Gasteiger partial charge >= 0.3 is 5.97 Å². The van der Waals surface area contributed by atoms with Gasteiger partial charge in [-0.05, 0) is 56.3 Å². The van der Waals surface area contributed by atoms with Crippen molar-refractivity contribution in [2.75, 3.05) is 6.79 Å². The van der Waals surface area contributed by atoms with Gasteiger partial charge in [0.2, 0.25) is 6.79 Å². The normalized spacial score (nSPS) is 42.2. The summed E-state index contributed by atoms with van der Waals surface area (Å²) in [5, 5.41) is 0. The highest BCUT2D eigenvalue weighted by Gasteiger charge is 2.55. The number of carbonyl (C=O) groups excluding carboxylic acids is 1. The molecule has 4 rings (SSSR count). The zero-order valence-corrected chi connectivity index (χ0v) is 10.2. The van der Waals surface area contributed by atoms with Crippen LogP contribution in [0.1, 0.15) is 38.5 Å². The molecule has 4 aliphatic carbocycles. The van der Waals surface area contributed by atoms with Crippen molar-refractivity contribution in [3.8, 4) is 0 Å². The zero-order valence-electron chi connectivity index (χ0n) is 10.2. The Bertz CT molecular complexity index is 299. The first kappa shape index (κ1) is 11.1. The Labute approximate surface area is 102 Å². The van der Waals surface area contributed by atoms with Crippen molar-refractivity contribution in [2.24, 2.45) is 23.2 Å². The molecule has 0 N–H and O–H groups in total. The Balaban J connectivity index is 1.68. The monoisotopic (exact) mass is 236 g/mol. The van der Waals surface area contributed by atoms with E-state index in [2.05, 4.69) is 6.58 Å². The van der Waals surface area contributed by atoms with Crippen LogP contribution in [0.25, 0.3) is 0 Å². The Kier molecular flexibility index (Phi) is 2.64. The molecule has 0 aliphatic heterocycles. The molecule has 0 radical (unpaired) electrons. The lowest BCUT2D eigenvalue weighted by Crippen LogP contribution is -2.50. The van der Waals surface area contributed by atoms with E-state index < -0.39 is 0 Å². The van der Waals surface area contributed by atoms with Gasteiger partial charge in [-0.3, -0.25) is 4.79 Å². The minimum atomic E-state index is -0.167. The fourth-order valence-electron chi connectivity index (χ4n) is 4.65. The molecule has 4 saturated carbocycles. The number of ether oxygens (including phenoxy) is 2. The summed E-state index contributed by atoms with van der Waals surface area (Å²) in [5.74, 6) is 2.29. The number of rotatable bonds is 4. The highest BCUT2D eigenvalue weighted by atomic mass is 16.7. The van der Waals surface area contributed by atoms with E-state index in [0.29, 0.717) is 0 Å². The maximum absolute atomic E-state index is 12.2. The summed E-state index contributed by atoms with van der Waals surface area (Å²) in [6, 6.07) is 0. The van der Waals surface area contributed by atoms with Crippen molar-refractivity contribution in [1.82, 2.24) is 0 Å². The van der Waals surface area contributed by atoms with E-state index in [1.54, 1.807) is 0 Å². The van der Waals surface area contributed by atoms with Gasteiger partial charge in [0.05, 0.1) is 11.7 Å². The lowest BCUT2D eigenvalue weighted by Gasteiger charge is -2.55. The van der Waals surface area contributed by atoms with E-state index in [4.69, 9.17) is 9.47 Å². The van der Waals surface area contributed by atoms with Gasteiger partial charge in [-0.15, -0.1) is 0 Å². The lowest BCUT2D eigenvalue weighted by molar-refractivity contribution is -0.179. The molecule has 0 saturated heterocycles. The third kappa shape index (κ3) is 1.85. The average molecular weight is 236 g/mol. The fraction of sp³-hybridized carbons (Fsp3) is 0.786. The predicted octanol–water partition coefficient (Wildman–Crippen LogP) is 2.86. The predicted molar refractivity (Wildman–Crippen MR) is 62.8 cm³/mol. The molecule has 0 amide bonds. The first-order valence-corrected chi connectivity index (χ1v) is 6.61. The summed E-state index contributed by atoms with van der Waals surface area (Å²) in [6.45, 7) is 3.45. The van der Waals surface area contributed by atoms with Crippen LogP contribution in [0.2, 0.25) is 0 Å². The molecule has 4 fully saturated rings. The summed E-state index contributed by atoms with van der Waals surface area (Å²) < 4.78 is 10.1. The van der Waals surface area contributed by atoms with Crippen molar-refractivity contribution < 1.29 is 14.3 Å². The number of esters is 1. The largest absolute Gasteiger partial charge is 0.466 e. The maximum Gasteiger partial charge on any atom is 0.314 e. The highest BCUT2D eigenvalue weighted by Crippen LogP contribution is 2.60. The van der Waals surface area contributed by atoms with Crippen LogP contribution in [0.4, 0.5) is 0 Å². The van der Waals surface area contributed by atoms with E-state index in [-0.39, 0.29) is 18.2 Å². The molecule has 3 nitrogen and oxygen atoms in total. The SMILES string of the molecule is C=COCOC(=O)C12CC3CC(CC(C3)C1)C2. The first-order valence-electron chi connectivity index (χ1n) is 6.61. The van der Waals surface area contributed by atoms with Gasteiger partial charge in [0, 0.05) is 0 Å². The van der Waals surface area contributed by atoms with Crippen LogP contribution in [0.5, 0.6) is 0 Å².